The van der Waals surface area contributed by atoms with Gasteiger partial charge >= 0.3 is 0 Å². The van der Waals surface area contributed by atoms with Gasteiger partial charge in [-0.05, 0) is 34.1 Å². The van der Waals surface area contributed by atoms with Crippen LogP contribution in [0.1, 0.15) is 41.0 Å². The number of hydroxylamine groups is 4. The molecule has 6 heteroatoms. The maximum atomic E-state index is 10.4. The minimum absolute atomic E-state index is 0.625. The van der Waals surface area contributed by atoms with Crippen molar-refractivity contribution >= 4 is 5.71 Å². The average molecular weight is 228 g/mol. The summed E-state index contributed by atoms with van der Waals surface area (Å²) in [6.45, 7) is 9.25. The van der Waals surface area contributed by atoms with Crippen LogP contribution in [0.5, 0.6) is 0 Å². The van der Waals surface area contributed by atoms with Crippen LogP contribution in [-0.4, -0.2) is 43.1 Å². The minimum Gasteiger partial charge on any atom is -0.311 e. The fourth-order valence-electron chi connectivity index (χ4n) is 2.87. The molecule has 92 valence electrons. The molecule has 0 radical (unpaired) electrons. The lowest BCUT2D eigenvalue weighted by molar-refractivity contribution is -0.250. The Morgan fingerprint density at radius 1 is 1.25 bits per heavy atom. The third kappa shape index (κ3) is 0.901. The summed E-state index contributed by atoms with van der Waals surface area (Å²) in [5.74, 6) is 0. The molecule has 2 rings (SSSR count). The molecule has 0 spiro atoms. The van der Waals surface area contributed by atoms with E-state index in [9.17, 15) is 10.4 Å². The van der Waals surface area contributed by atoms with E-state index in [-0.39, 0.29) is 0 Å². The van der Waals surface area contributed by atoms with Crippen LogP contribution in [0.4, 0.5) is 0 Å². The van der Waals surface area contributed by atoms with Crippen LogP contribution in [0.3, 0.4) is 0 Å². The summed E-state index contributed by atoms with van der Waals surface area (Å²) < 4.78 is 0. The number of nitrogens with zero attached hydrogens (tertiary/aromatic N) is 3. The molecule has 0 aromatic heterocycles. The molecule has 1 fully saturated rings. The highest BCUT2D eigenvalue weighted by Crippen LogP contribution is 2.49. The van der Waals surface area contributed by atoms with Crippen molar-refractivity contribution in [2.45, 2.75) is 57.9 Å². The van der Waals surface area contributed by atoms with Gasteiger partial charge in [-0.3, -0.25) is 5.43 Å². The molecule has 0 saturated carbocycles. The molecule has 2 aliphatic rings. The summed E-state index contributed by atoms with van der Waals surface area (Å²) in [5.41, 5.74) is 1.23. The quantitative estimate of drug-likeness (QED) is 0.623. The van der Waals surface area contributed by atoms with E-state index in [4.69, 9.17) is 0 Å². The first kappa shape index (κ1) is 11.8. The van der Waals surface area contributed by atoms with Crippen LogP contribution in [0.2, 0.25) is 0 Å². The summed E-state index contributed by atoms with van der Waals surface area (Å²) in [4.78, 5) is 0. The van der Waals surface area contributed by atoms with Gasteiger partial charge in [0, 0.05) is 0 Å². The van der Waals surface area contributed by atoms with E-state index in [0.717, 1.165) is 0 Å². The largest absolute Gasteiger partial charge is 0.311 e. The Morgan fingerprint density at radius 3 is 2.31 bits per heavy atom. The van der Waals surface area contributed by atoms with Gasteiger partial charge in [0.2, 0.25) is 0 Å². The summed E-state index contributed by atoms with van der Waals surface area (Å²) in [6, 6.07) is 0. The zero-order valence-electron chi connectivity index (χ0n) is 10.4. The Hall–Kier alpha value is -0.690. The van der Waals surface area contributed by atoms with Crippen molar-refractivity contribution in [1.82, 2.24) is 15.6 Å². The van der Waals surface area contributed by atoms with Gasteiger partial charge in [-0.2, -0.15) is 10.2 Å². The summed E-state index contributed by atoms with van der Waals surface area (Å²) in [7, 11) is 0. The van der Waals surface area contributed by atoms with E-state index in [1.165, 1.54) is 10.1 Å². The molecule has 6 nitrogen and oxygen atoms in total. The molecule has 0 aromatic rings. The van der Waals surface area contributed by atoms with Crippen LogP contribution < -0.4 is 5.43 Å². The molecule has 16 heavy (non-hydrogen) atoms. The van der Waals surface area contributed by atoms with E-state index in [1.807, 2.05) is 20.8 Å². The number of fused-ring (bicyclic) bond motifs is 2. The van der Waals surface area contributed by atoms with Gasteiger partial charge in [0.15, 0.2) is 11.3 Å². The van der Waals surface area contributed by atoms with Crippen molar-refractivity contribution in [2.24, 2.45) is 5.10 Å². The zero-order valence-corrected chi connectivity index (χ0v) is 10.4. The monoisotopic (exact) mass is 228 g/mol. The normalized spacial score (nSPS) is 43.1. The van der Waals surface area contributed by atoms with Gasteiger partial charge in [0.05, 0.1) is 11.3 Å². The SMILES string of the molecule is CC[C@]12NN=C(C)[C@](C)(N(O)C1(C)C)N2O. The Kier molecular flexibility index (Phi) is 2.17. The van der Waals surface area contributed by atoms with Crippen molar-refractivity contribution in [3.8, 4) is 0 Å². The molecule has 2 aliphatic heterocycles. The maximum absolute atomic E-state index is 10.4. The first-order valence-electron chi connectivity index (χ1n) is 5.55. The van der Waals surface area contributed by atoms with Gasteiger partial charge in [-0.1, -0.05) is 6.92 Å². The van der Waals surface area contributed by atoms with Gasteiger partial charge in [0.25, 0.3) is 0 Å². The lowest BCUT2D eigenvalue weighted by Gasteiger charge is -2.45. The first-order valence-corrected chi connectivity index (χ1v) is 5.55. The molecule has 2 atom stereocenters. The molecule has 2 bridgehead atoms. The number of hydrogen-bond acceptors (Lipinski definition) is 6. The highest BCUT2D eigenvalue weighted by molar-refractivity contribution is 5.91. The van der Waals surface area contributed by atoms with Crippen LogP contribution in [-0.2, 0) is 0 Å². The Morgan fingerprint density at radius 2 is 1.81 bits per heavy atom. The van der Waals surface area contributed by atoms with Gasteiger partial charge in [-0.15, -0.1) is 5.06 Å². The lowest BCUT2D eigenvalue weighted by Crippen LogP contribution is -2.67. The second-order valence-corrected chi connectivity index (χ2v) is 5.23. The predicted octanol–water partition coefficient (Wildman–Crippen LogP) is 0.963. The highest BCUT2D eigenvalue weighted by atomic mass is 16.6. The van der Waals surface area contributed by atoms with Gasteiger partial charge in [0.1, 0.15) is 0 Å². The topological polar surface area (TPSA) is 71.3 Å². The minimum atomic E-state index is -0.967. The Labute approximate surface area is 95.4 Å². The fourth-order valence-corrected chi connectivity index (χ4v) is 2.87. The third-order valence-corrected chi connectivity index (χ3v) is 4.33. The smallest absolute Gasteiger partial charge is 0.160 e. The van der Waals surface area contributed by atoms with E-state index < -0.39 is 16.9 Å². The fraction of sp³-hybridized carbons (Fsp3) is 0.900. The summed E-state index contributed by atoms with van der Waals surface area (Å²) >= 11 is 0. The molecule has 1 saturated heterocycles. The van der Waals surface area contributed by atoms with Crippen molar-refractivity contribution in [2.75, 3.05) is 0 Å². The van der Waals surface area contributed by atoms with Crippen LogP contribution in [0, 0.1) is 0 Å². The van der Waals surface area contributed by atoms with E-state index >= 15 is 0 Å². The molecule has 0 aliphatic carbocycles. The van der Waals surface area contributed by atoms with Crippen LogP contribution in [0.25, 0.3) is 0 Å². The molecular weight excluding hydrogens is 208 g/mol. The number of rotatable bonds is 1. The van der Waals surface area contributed by atoms with Crippen molar-refractivity contribution in [3.05, 3.63) is 0 Å². The zero-order chi connectivity index (χ0) is 12.4. The third-order valence-electron chi connectivity index (χ3n) is 4.33. The number of hydrogen-bond donors (Lipinski definition) is 3. The van der Waals surface area contributed by atoms with E-state index in [2.05, 4.69) is 10.5 Å². The van der Waals surface area contributed by atoms with Crippen molar-refractivity contribution in [3.63, 3.8) is 0 Å². The van der Waals surface area contributed by atoms with Crippen LogP contribution in [0.15, 0.2) is 5.10 Å². The summed E-state index contributed by atoms with van der Waals surface area (Å²) in [5, 5.41) is 27.3. The molecule has 3 N–H and O–H groups in total. The molecule has 0 aromatic carbocycles. The van der Waals surface area contributed by atoms with Gasteiger partial charge in [-0.25, -0.2) is 0 Å². The Balaban J connectivity index is 2.65. The van der Waals surface area contributed by atoms with E-state index in [0.29, 0.717) is 12.1 Å². The van der Waals surface area contributed by atoms with Crippen molar-refractivity contribution < 1.29 is 10.4 Å². The maximum Gasteiger partial charge on any atom is 0.160 e. The molecule has 0 unspecified atom stereocenters. The highest BCUT2D eigenvalue weighted by Gasteiger charge is 2.70. The summed E-state index contributed by atoms with van der Waals surface area (Å²) in [6.07, 6.45) is 0.625. The van der Waals surface area contributed by atoms with E-state index in [1.54, 1.807) is 13.8 Å². The second-order valence-electron chi connectivity index (χ2n) is 5.23. The molecular formula is C10H20N4O2. The average Bonchev–Trinajstić information content (AvgIpc) is 2.31. The first-order chi connectivity index (χ1) is 7.25. The van der Waals surface area contributed by atoms with Crippen molar-refractivity contribution in [1.29, 1.82) is 0 Å². The van der Waals surface area contributed by atoms with Gasteiger partial charge < -0.3 is 10.4 Å². The molecule has 0 amide bonds. The number of hydrazone groups is 1. The number of nitrogens with one attached hydrogen (secondary N) is 1. The van der Waals surface area contributed by atoms with Crippen LogP contribution >= 0.6 is 0 Å². The lowest BCUT2D eigenvalue weighted by atomic mass is 9.87. The second kappa shape index (κ2) is 2.95. The Bertz CT molecular complexity index is 357. The predicted molar refractivity (Wildman–Crippen MR) is 59.0 cm³/mol. The molecule has 2 heterocycles. The standard InChI is InChI=1S/C10H20N4O2/c1-6-10-8(3,4)13(15)9(5,14(10)16)7(2)11-12-10/h12,15-16H,6H2,1-5H3/t9-,10-/m1/s1.